The van der Waals surface area contributed by atoms with Crippen LogP contribution in [0.5, 0.6) is 28.7 Å². The molecule has 0 saturated carbocycles. The average Bonchev–Trinajstić information content (AvgIpc) is 2.36. The normalized spacial score (nSPS) is 17.1. The van der Waals surface area contributed by atoms with Gasteiger partial charge in [0.1, 0.15) is 40.4 Å². The highest BCUT2D eigenvalue weighted by atomic mass is 16.5. The molecular weight excluding hydrogens is 276 g/mol. The molecule has 2 aromatic carbocycles. The van der Waals surface area contributed by atoms with Gasteiger partial charge in [-0.15, -0.1) is 0 Å². The van der Waals surface area contributed by atoms with Gasteiger partial charge in [0.05, 0.1) is 6.42 Å². The standard InChI is InChI=1S/C15H12O6/c16-7-1-2-9(10(18)3-7)13-6-12(20)15-11(19)4-8(17)5-14(15)21-13/h1-5,13,16-19H,6H2/t13-/m0/s1. The Balaban J connectivity index is 2.04. The number of aromatic hydroxyl groups is 4. The van der Waals surface area contributed by atoms with Crippen molar-refractivity contribution in [3.8, 4) is 28.7 Å². The SMILES string of the molecule is O=C1C[C@@H](c2ccc(O)cc2O)Oc2cc(O)cc(O)c21. The van der Waals surface area contributed by atoms with E-state index in [0.717, 1.165) is 12.1 Å². The highest BCUT2D eigenvalue weighted by Crippen LogP contribution is 2.43. The summed E-state index contributed by atoms with van der Waals surface area (Å²) in [6.45, 7) is 0. The van der Waals surface area contributed by atoms with E-state index in [0.29, 0.717) is 5.56 Å². The van der Waals surface area contributed by atoms with E-state index in [1.54, 1.807) is 0 Å². The number of rotatable bonds is 1. The quantitative estimate of drug-likeness (QED) is 0.641. The molecule has 6 nitrogen and oxygen atoms in total. The molecule has 0 unspecified atom stereocenters. The van der Waals surface area contributed by atoms with Gasteiger partial charge in [0.25, 0.3) is 0 Å². The molecule has 1 aliphatic heterocycles. The minimum atomic E-state index is -0.758. The summed E-state index contributed by atoms with van der Waals surface area (Å²) in [5.74, 6) is -1.17. The number of ketones is 1. The Labute approximate surface area is 119 Å². The second-order valence-electron chi connectivity index (χ2n) is 4.81. The van der Waals surface area contributed by atoms with Crippen LogP contribution in [0.1, 0.15) is 28.4 Å². The average molecular weight is 288 g/mol. The number of carbonyl (C=O) groups excluding carboxylic acids is 1. The van der Waals surface area contributed by atoms with Crippen LogP contribution in [0, 0.1) is 0 Å². The molecular formula is C15H12O6. The number of phenolic OH excluding ortho intramolecular Hbond substituents is 4. The summed E-state index contributed by atoms with van der Waals surface area (Å²) < 4.78 is 5.59. The molecule has 1 heterocycles. The molecule has 0 amide bonds. The van der Waals surface area contributed by atoms with E-state index >= 15 is 0 Å². The molecule has 0 aromatic heterocycles. The lowest BCUT2D eigenvalue weighted by atomic mass is 9.95. The van der Waals surface area contributed by atoms with E-state index in [1.165, 1.54) is 18.2 Å². The number of ether oxygens (including phenoxy) is 1. The van der Waals surface area contributed by atoms with Crippen LogP contribution in [0.15, 0.2) is 30.3 Å². The zero-order valence-electron chi connectivity index (χ0n) is 10.8. The van der Waals surface area contributed by atoms with Gasteiger partial charge in [0.2, 0.25) is 0 Å². The van der Waals surface area contributed by atoms with Crippen molar-refractivity contribution in [2.45, 2.75) is 12.5 Å². The number of carbonyl (C=O) groups is 1. The first-order chi connectivity index (χ1) is 9.95. The molecule has 4 N–H and O–H groups in total. The number of hydrogen-bond acceptors (Lipinski definition) is 6. The summed E-state index contributed by atoms with van der Waals surface area (Å²) >= 11 is 0. The number of phenols is 4. The summed E-state index contributed by atoms with van der Waals surface area (Å²) in [4.78, 5) is 12.1. The van der Waals surface area contributed by atoms with E-state index in [9.17, 15) is 25.2 Å². The molecule has 0 saturated heterocycles. The largest absolute Gasteiger partial charge is 0.508 e. The molecule has 1 aliphatic rings. The van der Waals surface area contributed by atoms with Crippen molar-refractivity contribution in [3.05, 3.63) is 41.5 Å². The summed E-state index contributed by atoms with van der Waals surface area (Å²) in [5, 5.41) is 38.3. The van der Waals surface area contributed by atoms with Crippen LogP contribution in [-0.4, -0.2) is 26.2 Å². The molecule has 21 heavy (non-hydrogen) atoms. The van der Waals surface area contributed by atoms with E-state index in [-0.39, 0.29) is 46.5 Å². The fourth-order valence-corrected chi connectivity index (χ4v) is 2.40. The van der Waals surface area contributed by atoms with Gasteiger partial charge in [-0.05, 0) is 12.1 Å². The molecule has 0 aliphatic carbocycles. The van der Waals surface area contributed by atoms with E-state index in [1.807, 2.05) is 0 Å². The van der Waals surface area contributed by atoms with Gasteiger partial charge in [-0.3, -0.25) is 4.79 Å². The van der Waals surface area contributed by atoms with Crippen molar-refractivity contribution in [3.63, 3.8) is 0 Å². The minimum absolute atomic E-state index is 0.0160. The van der Waals surface area contributed by atoms with Gasteiger partial charge in [-0.2, -0.15) is 0 Å². The third-order valence-corrected chi connectivity index (χ3v) is 3.35. The molecule has 3 rings (SSSR count). The fraction of sp³-hybridized carbons (Fsp3) is 0.133. The predicted octanol–water partition coefficient (Wildman–Crippen LogP) is 2.22. The van der Waals surface area contributed by atoms with Crippen molar-refractivity contribution in [2.75, 3.05) is 0 Å². The van der Waals surface area contributed by atoms with Crippen LogP contribution in [-0.2, 0) is 0 Å². The maximum Gasteiger partial charge on any atom is 0.174 e. The lowest BCUT2D eigenvalue weighted by molar-refractivity contribution is 0.0842. The lowest BCUT2D eigenvalue weighted by Gasteiger charge is -2.26. The lowest BCUT2D eigenvalue weighted by Crippen LogP contribution is -2.20. The summed E-state index contributed by atoms with van der Waals surface area (Å²) in [6, 6.07) is 6.28. The number of Topliss-reactive ketones (excluding diaryl/α,β-unsaturated/α-hetero) is 1. The Morgan fingerprint density at radius 2 is 1.67 bits per heavy atom. The molecule has 0 radical (unpaired) electrons. The van der Waals surface area contributed by atoms with Crippen LogP contribution in [0.25, 0.3) is 0 Å². The van der Waals surface area contributed by atoms with Crippen molar-refractivity contribution >= 4 is 5.78 Å². The number of benzene rings is 2. The molecule has 0 bridgehead atoms. The monoisotopic (exact) mass is 288 g/mol. The Hall–Kier alpha value is -2.89. The van der Waals surface area contributed by atoms with E-state index < -0.39 is 6.10 Å². The second kappa shape index (κ2) is 4.59. The highest BCUT2D eigenvalue weighted by Gasteiger charge is 2.32. The van der Waals surface area contributed by atoms with Crippen LogP contribution >= 0.6 is 0 Å². The zero-order valence-corrected chi connectivity index (χ0v) is 10.8. The molecule has 108 valence electrons. The molecule has 6 heteroatoms. The first-order valence-corrected chi connectivity index (χ1v) is 6.23. The zero-order chi connectivity index (χ0) is 15.1. The van der Waals surface area contributed by atoms with Crippen LogP contribution in [0.2, 0.25) is 0 Å². The Kier molecular flexibility index (Phi) is 2.86. The molecule has 1 atom stereocenters. The summed E-state index contributed by atoms with van der Waals surface area (Å²) in [7, 11) is 0. The maximum atomic E-state index is 12.1. The van der Waals surface area contributed by atoms with Gasteiger partial charge >= 0.3 is 0 Å². The third-order valence-electron chi connectivity index (χ3n) is 3.35. The maximum absolute atomic E-state index is 12.1. The highest BCUT2D eigenvalue weighted by molar-refractivity contribution is 6.02. The van der Waals surface area contributed by atoms with Gasteiger partial charge in [0, 0.05) is 23.8 Å². The summed E-state index contributed by atoms with van der Waals surface area (Å²) in [5.41, 5.74) is 0.358. The summed E-state index contributed by atoms with van der Waals surface area (Å²) in [6.07, 6.45) is -0.823. The predicted molar refractivity (Wildman–Crippen MR) is 71.9 cm³/mol. The first kappa shape index (κ1) is 13.1. The Morgan fingerprint density at radius 1 is 0.952 bits per heavy atom. The van der Waals surface area contributed by atoms with Crippen LogP contribution < -0.4 is 4.74 Å². The number of fused-ring (bicyclic) bond motifs is 1. The van der Waals surface area contributed by atoms with Crippen molar-refractivity contribution in [1.82, 2.24) is 0 Å². The smallest absolute Gasteiger partial charge is 0.174 e. The first-order valence-electron chi connectivity index (χ1n) is 6.23. The fourth-order valence-electron chi connectivity index (χ4n) is 2.40. The minimum Gasteiger partial charge on any atom is -0.508 e. The van der Waals surface area contributed by atoms with E-state index in [4.69, 9.17) is 4.74 Å². The third kappa shape index (κ3) is 2.20. The van der Waals surface area contributed by atoms with Gasteiger partial charge in [0.15, 0.2) is 5.78 Å². The Morgan fingerprint density at radius 3 is 2.38 bits per heavy atom. The van der Waals surface area contributed by atoms with E-state index in [2.05, 4.69) is 0 Å². The van der Waals surface area contributed by atoms with Crippen LogP contribution in [0.3, 0.4) is 0 Å². The van der Waals surface area contributed by atoms with Crippen molar-refractivity contribution in [1.29, 1.82) is 0 Å². The molecule has 2 aromatic rings. The second-order valence-corrected chi connectivity index (χ2v) is 4.81. The van der Waals surface area contributed by atoms with Gasteiger partial charge in [-0.1, -0.05) is 0 Å². The van der Waals surface area contributed by atoms with Crippen molar-refractivity contribution < 1.29 is 30.0 Å². The van der Waals surface area contributed by atoms with Gasteiger partial charge < -0.3 is 25.2 Å². The topological polar surface area (TPSA) is 107 Å². The molecule has 0 fully saturated rings. The van der Waals surface area contributed by atoms with Crippen LogP contribution in [0.4, 0.5) is 0 Å². The molecule has 0 spiro atoms. The number of hydrogen-bond donors (Lipinski definition) is 4. The van der Waals surface area contributed by atoms with Crippen molar-refractivity contribution in [2.24, 2.45) is 0 Å². The van der Waals surface area contributed by atoms with Gasteiger partial charge in [-0.25, -0.2) is 0 Å². The Bertz CT molecular complexity index is 737.